The minimum atomic E-state index is 0.525. The van der Waals surface area contributed by atoms with Gasteiger partial charge in [-0.25, -0.2) is 9.97 Å². The molecule has 1 N–H and O–H groups in total. The molecule has 1 saturated heterocycles. The summed E-state index contributed by atoms with van der Waals surface area (Å²) in [6, 6.07) is 9.72. The molecule has 2 aromatic rings. The third kappa shape index (κ3) is 7.50. The van der Waals surface area contributed by atoms with Crippen molar-refractivity contribution in [2.24, 2.45) is 5.92 Å². The lowest BCUT2D eigenvalue weighted by atomic mass is 10.0. The summed E-state index contributed by atoms with van der Waals surface area (Å²) < 4.78 is 5.08. The van der Waals surface area contributed by atoms with Gasteiger partial charge < -0.3 is 10.1 Å². The van der Waals surface area contributed by atoms with Gasteiger partial charge in [0.25, 0.3) is 0 Å². The highest BCUT2D eigenvalue weighted by atomic mass is 16.5. The zero-order chi connectivity index (χ0) is 20.5. The van der Waals surface area contributed by atoms with E-state index in [9.17, 15) is 0 Å². The van der Waals surface area contributed by atoms with Crippen LogP contribution in [0.15, 0.2) is 36.7 Å². The number of rotatable bonds is 10. The SMILES string of the molecule is COCCc1ncc(CNC2CCCN(Cc3ccc(CC(C)C)cc3)C2)cn1. The molecule has 0 bridgehead atoms. The quantitative estimate of drug-likeness (QED) is 0.665. The largest absolute Gasteiger partial charge is 0.384 e. The Morgan fingerprint density at radius 3 is 2.52 bits per heavy atom. The number of likely N-dealkylation sites (tertiary alicyclic amines) is 1. The predicted molar refractivity (Wildman–Crippen MR) is 118 cm³/mol. The summed E-state index contributed by atoms with van der Waals surface area (Å²) in [5, 5.41) is 3.70. The average Bonchev–Trinajstić information content (AvgIpc) is 2.73. The molecule has 1 aliphatic rings. The fourth-order valence-electron chi connectivity index (χ4n) is 3.93. The van der Waals surface area contributed by atoms with Crippen molar-refractivity contribution in [1.29, 1.82) is 0 Å². The highest BCUT2D eigenvalue weighted by Gasteiger charge is 2.19. The van der Waals surface area contributed by atoms with Crippen LogP contribution in [0.5, 0.6) is 0 Å². The minimum absolute atomic E-state index is 0.525. The molecule has 2 heterocycles. The summed E-state index contributed by atoms with van der Waals surface area (Å²) in [5.74, 6) is 1.56. The lowest BCUT2D eigenvalue weighted by molar-refractivity contribution is 0.182. The molecule has 1 aliphatic heterocycles. The second kappa shape index (κ2) is 11.4. The molecule has 0 radical (unpaired) electrons. The van der Waals surface area contributed by atoms with Crippen LogP contribution in [0.1, 0.15) is 49.2 Å². The normalized spacial score (nSPS) is 17.7. The number of aromatic nitrogens is 2. The third-order valence-electron chi connectivity index (χ3n) is 5.46. The Morgan fingerprint density at radius 1 is 1.10 bits per heavy atom. The zero-order valence-electron chi connectivity index (χ0n) is 18.2. The van der Waals surface area contributed by atoms with Crippen LogP contribution < -0.4 is 5.32 Å². The van der Waals surface area contributed by atoms with Crippen LogP contribution in [0.25, 0.3) is 0 Å². The van der Waals surface area contributed by atoms with Gasteiger partial charge in [-0.1, -0.05) is 38.1 Å². The van der Waals surface area contributed by atoms with Gasteiger partial charge in [-0.2, -0.15) is 0 Å². The Labute approximate surface area is 175 Å². The monoisotopic (exact) mass is 396 g/mol. The molecule has 1 aromatic heterocycles. The molecule has 1 unspecified atom stereocenters. The Hall–Kier alpha value is -1.82. The second-order valence-corrected chi connectivity index (χ2v) is 8.62. The molecule has 158 valence electrons. The number of benzene rings is 1. The maximum atomic E-state index is 5.08. The second-order valence-electron chi connectivity index (χ2n) is 8.62. The fraction of sp³-hybridized carbons (Fsp3) is 0.583. The molecule has 1 fully saturated rings. The van der Waals surface area contributed by atoms with Crippen LogP contribution in [0.2, 0.25) is 0 Å². The topological polar surface area (TPSA) is 50.3 Å². The summed E-state index contributed by atoms with van der Waals surface area (Å²) >= 11 is 0. The first-order chi connectivity index (χ1) is 14.1. The van der Waals surface area contributed by atoms with Crippen LogP contribution in [0.3, 0.4) is 0 Å². The van der Waals surface area contributed by atoms with Crippen LogP contribution in [0, 0.1) is 5.92 Å². The van der Waals surface area contributed by atoms with Crippen molar-refractivity contribution >= 4 is 0 Å². The van der Waals surface area contributed by atoms with E-state index in [2.05, 4.69) is 58.3 Å². The van der Waals surface area contributed by atoms with Gasteiger partial charge in [-0.3, -0.25) is 4.90 Å². The Bertz CT molecular complexity index is 715. The van der Waals surface area contributed by atoms with Gasteiger partial charge in [-0.05, 0) is 42.9 Å². The highest BCUT2D eigenvalue weighted by Crippen LogP contribution is 2.16. The molecule has 1 atom stereocenters. The van der Waals surface area contributed by atoms with E-state index in [4.69, 9.17) is 4.74 Å². The van der Waals surface area contributed by atoms with E-state index in [0.29, 0.717) is 18.6 Å². The number of methoxy groups -OCH3 is 1. The van der Waals surface area contributed by atoms with E-state index in [1.807, 2.05) is 12.4 Å². The molecular weight excluding hydrogens is 360 g/mol. The number of ether oxygens (including phenoxy) is 1. The van der Waals surface area contributed by atoms with Crippen LogP contribution in [0.4, 0.5) is 0 Å². The molecule has 5 nitrogen and oxygen atoms in total. The van der Waals surface area contributed by atoms with Crippen LogP contribution in [-0.2, 0) is 30.7 Å². The van der Waals surface area contributed by atoms with Gasteiger partial charge in [0.1, 0.15) is 5.82 Å². The van der Waals surface area contributed by atoms with Crippen molar-refractivity contribution in [3.05, 3.63) is 59.2 Å². The summed E-state index contributed by atoms with van der Waals surface area (Å²) in [4.78, 5) is 11.4. The van der Waals surface area contributed by atoms with Crippen molar-refractivity contribution in [1.82, 2.24) is 20.2 Å². The van der Waals surface area contributed by atoms with E-state index in [-0.39, 0.29) is 0 Å². The minimum Gasteiger partial charge on any atom is -0.384 e. The first kappa shape index (κ1) is 21.9. The van der Waals surface area contributed by atoms with Crippen molar-refractivity contribution in [3.8, 4) is 0 Å². The third-order valence-corrected chi connectivity index (χ3v) is 5.46. The first-order valence-corrected chi connectivity index (χ1v) is 10.9. The maximum Gasteiger partial charge on any atom is 0.130 e. The number of hydrogen-bond donors (Lipinski definition) is 1. The van der Waals surface area contributed by atoms with Gasteiger partial charge in [0.15, 0.2) is 0 Å². The molecule has 0 saturated carbocycles. The van der Waals surface area contributed by atoms with Crippen molar-refractivity contribution < 1.29 is 4.74 Å². The Morgan fingerprint density at radius 2 is 1.83 bits per heavy atom. The predicted octanol–water partition coefficient (Wildman–Crippen LogP) is 3.62. The number of nitrogens with one attached hydrogen (secondary N) is 1. The molecular formula is C24H36N4O. The van der Waals surface area contributed by atoms with E-state index >= 15 is 0 Å². The van der Waals surface area contributed by atoms with E-state index in [0.717, 1.165) is 43.9 Å². The number of nitrogens with zero attached hydrogens (tertiary/aromatic N) is 3. The molecule has 0 amide bonds. The number of piperidine rings is 1. The van der Waals surface area contributed by atoms with Gasteiger partial charge in [-0.15, -0.1) is 0 Å². The van der Waals surface area contributed by atoms with Gasteiger partial charge in [0.05, 0.1) is 6.61 Å². The lowest BCUT2D eigenvalue weighted by Crippen LogP contribution is -2.45. The van der Waals surface area contributed by atoms with Crippen LogP contribution in [-0.4, -0.2) is 47.7 Å². The van der Waals surface area contributed by atoms with Crippen LogP contribution >= 0.6 is 0 Å². The van der Waals surface area contributed by atoms with Crippen molar-refractivity contribution in [3.63, 3.8) is 0 Å². The van der Waals surface area contributed by atoms with E-state index < -0.39 is 0 Å². The smallest absolute Gasteiger partial charge is 0.130 e. The van der Waals surface area contributed by atoms with E-state index in [1.54, 1.807) is 7.11 Å². The standard InChI is InChI=1S/C24H36N4O/c1-19(2)13-20-6-8-21(9-7-20)17-28-11-4-5-23(18-28)25-14-22-15-26-24(27-16-22)10-12-29-3/h6-9,15-16,19,23,25H,4-5,10-14,17-18H2,1-3H3. The van der Waals surface area contributed by atoms with Gasteiger partial charge >= 0.3 is 0 Å². The fourth-order valence-corrected chi connectivity index (χ4v) is 3.93. The van der Waals surface area contributed by atoms with Crippen molar-refractivity contribution in [2.45, 2.75) is 58.7 Å². The Balaban J connectivity index is 1.44. The number of hydrogen-bond acceptors (Lipinski definition) is 5. The summed E-state index contributed by atoms with van der Waals surface area (Å²) in [6.45, 7) is 9.36. The summed E-state index contributed by atoms with van der Waals surface area (Å²) in [5.41, 5.74) is 4.00. The van der Waals surface area contributed by atoms with Gasteiger partial charge in [0.2, 0.25) is 0 Å². The maximum absolute atomic E-state index is 5.08. The molecule has 1 aromatic carbocycles. The van der Waals surface area contributed by atoms with E-state index in [1.165, 1.54) is 30.5 Å². The average molecular weight is 397 g/mol. The summed E-state index contributed by atoms with van der Waals surface area (Å²) in [7, 11) is 1.70. The van der Waals surface area contributed by atoms with Crippen molar-refractivity contribution in [2.75, 3.05) is 26.8 Å². The molecule has 0 spiro atoms. The van der Waals surface area contributed by atoms with Gasteiger partial charge in [0, 0.05) is 57.2 Å². The Kier molecular flexibility index (Phi) is 8.59. The summed E-state index contributed by atoms with van der Waals surface area (Å²) in [6.07, 6.45) is 8.27. The molecule has 5 heteroatoms. The lowest BCUT2D eigenvalue weighted by Gasteiger charge is -2.33. The molecule has 0 aliphatic carbocycles. The first-order valence-electron chi connectivity index (χ1n) is 10.9. The molecule has 29 heavy (non-hydrogen) atoms. The zero-order valence-corrected chi connectivity index (χ0v) is 18.2. The highest BCUT2D eigenvalue weighted by molar-refractivity contribution is 5.23. The molecule has 3 rings (SSSR count).